The summed E-state index contributed by atoms with van der Waals surface area (Å²) < 4.78 is 1.91. The van der Waals surface area contributed by atoms with Gasteiger partial charge in [0.05, 0.1) is 6.10 Å². The zero-order chi connectivity index (χ0) is 27.7. The van der Waals surface area contributed by atoms with Gasteiger partial charge in [-0.25, -0.2) is 4.98 Å². The fourth-order valence-corrected chi connectivity index (χ4v) is 6.36. The molecule has 5 rings (SSSR count). The van der Waals surface area contributed by atoms with Crippen LogP contribution in [0.25, 0.3) is 21.8 Å². The Morgan fingerprint density at radius 2 is 1.77 bits per heavy atom. The van der Waals surface area contributed by atoms with E-state index in [0.717, 1.165) is 74.6 Å². The lowest BCUT2D eigenvalue weighted by Gasteiger charge is -2.42. The molecule has 0 bridgehead atoms. The highest BCUT2D eigenvalue weighted by Crippen LogP contribution is 2.32. The molecule has 8 nitrogen and oxygen atoms in total. The van der Waals surface area contributed by atoms with Gasteiger partial charge >= 0.3 is 0 Å². The molecule has 2 aliphatic rings. The highest BCUT2D eigenvalue weighted by molar-refractivity contribution is 6.04. The van der Waals surface area contributed by atoms with E-state index in [1.54, 1.807) is 0 Å². The fourth-order valence-electron chi connectivity index (χ4n) is 6.36. The maximum atomic E-state index is 14.2. The molecule has 2 fully saturated rings. The van der Waals surface area contributed by atoms with Crippen LogP contribution >= 0.6 is 0 Å². The molecule has 0 unspecified atom stereocenters. The van der Waals surface area contributed by atoms with Gasteiger partial charge in [-0.3, -0.25) is 19.2 Å². The average Bonchev–Trinajstić information content (AvgIpc) is 2.90. The van der Waals surface area contributed by atoms with Crippen LogP contribution in [0.2, 0.25) is 0 Å². The molecule has 1 aliphatic heterocycles. The zero-order valence-corrected chi connectivity index (χ0v) is 24.4. The molecule has 0 radical (unpaired) electrons. The molecule has 1 saturated heterocycles. The molecule has 1 aromatic carbocycles. The standard InChI is InChI=1S/C31H46N6O2/c1-6-7-21(2)33-30-32-19-27-25-13-8-22(20-35-14-16-36(17-15-35)31(3,4)5)18-26(25)29(39)37(28(27)34-30)23-9-11-24(38)12-10-23/h8,13,18-19,21,23-24,38H,6-7,9-12,14-17,20H2,1-5H3,(H,32,33,34)/t21-,23?,24?/m0/s1. The molecule has 1 saturated carbocycles. The Morgan fingerprint density at radius 3 is 2.44 bits per heavy atom. The lowest BCUT2D eigenvalue weighted by molar-refractivity contribution is 0.0591. The number of pyridine rings is 1. The first-order valence-corrected chi connectivity index (χ1v) is 14.9. The van der Waals surface area contributed by atoms with Crippen LogP contribution in [0.1, 0.15) is 84.7 Å². The van der Waals surface area contributed by atoms with Gasteiger partial charge in [-0.2, -0.15) is 4.98 Å². The molecule has 2 aromatic heterocycles. The summed E-state index contributed by atoms with van der Waals surface area (Å²) in [5, 5.41) is 16.1. The Hall–Kier alpha value is -2.55. The Balaban J connectivity index is 1.51. The van der Waals surface area contributed by atoms with Crippen molar-refractivity contribution in [1.82, 2.24) is 24.3 Å². The first-order valence-electron chi connectivity index (χ1n) is 14.9. The van der Waals surface area contributed by atoms with Gasteiger partial charge in [-0.1, -0.05) is 25.5 Å². The van der Waals surface area contributed by atoms with E-state index < -0.39 is 0 Å². The summed E-state index contributed by atoms with van der Waals surface area (Å²) >= 11 is 0. The van der Waals surface area contributed by atoms with Gasteiger partial charge in [0.25, 0.3) is 5.56 Å². The fraction of sp³-hybridized carbons (Fsp3) is 0.645. The number of aliphatic hydroxyl groups excluding tert-OH is 1. The summed E-state index contributed by atoms with van der Waals surface area (Å²) in [5.74, 6) is 0.567. The summed E-state index contributed by atoms with van der Waals surface area (Å²) in [7, 11) is 0. The minimum absolute atomic E-state index is 0.0181. The van der Waals surface area contributed by atoms with Crippen LogP contribution in [0.15, 0.2) is 29.2 Å². The van der Waals surface area contributed by atoms with Crippen molar-refractivity contribution in [3.05, 3.63) is 40.3 Å². The molecular weight excluding hydrogens is 488 g/mol. The molecule has 3 aromatic rings. The van der Waals surface area contributed by atoms with Gasteiger partial charge in [0.15, 0.2) is 0 Å². The second-order valence-corrected chi connectivity index (χ2v) is 12.7. The number of hydrogen-bond donors (Lipinski definition) is 2. The second kappa shape index (κ2) is 11.5. The number of hydrogen-bond acceptors (Lipinski definition) is 7. The Morgan fingerprint density at radius 1 is 1.05 bits per heavy atom. The van der Waals surface area contributed by atoms with Crippen molar-refractivity contribution in [1.29, 1.82) is 0 Å². The summed E-state index contributed by atoms with van der Waals surface area (Å²) in [4.78, 5) is 28.8. The third kappa shape index (κ3) is 6.13. The van der Waals surface area contributed by atoms with Crippen molar-refractivity contribution < 1.29 is 5.11 Å². The number of benzene rings is 1. The van der Waals surface area contributed by atoms with E-state index in [1.807, 2.05) is 10.8 Å². The Kier molecular flexibility index (Phi) is 8.26. The summed E-state index contributed by atoms with van der Waals surface area (Å²) in [6, 6.07) is 6.62. The van der Waals surface area contributed by atoms with E-state index >= 15 is 0 Å². The first-order chi connectivity index (χ1) is 18.6. The largest absolute Gasteiger partial charge is 0.393 e. The SMILES string of the molecule is CCC[C@H](C)Nc1ncc2c3ccc(CN4CCN(C(C)(C)C)CC4)cc3c(=O)n(C3CCC(O)CC3)c2n1. The first kappa shape index (κ1) is 28.0. The number of anilines is 1. The zero-order valence-electron chi connectivity index (χ0n) is 24.4. The molecule has 39 heavy (non-hydrogen) atoms. The number of rotatable bonds is 7. The van der Waals surface area contributed by atoms with E-state index in [9.17, 15) is 9.90 Å². The van der Waals surface area contributed by atoms with Crippen molar-refractivity contribution in [3.63, 3.8) is 0 Å². The molecule has 0 spiro atoms. The van der Waals surface area contributed by atoms with Crippen LogP contribution < -0.4 is 10.9 Å². The monoisotopic (exact) mass is 534 g/mol. The minimum Gasteiger partial charge on any atom is -0.393 e. The predicted molar refractivity (Wildman–Crippen MR) is 159 cm³/mol. The number of aliphatic hydroxyl groups is 1. The molecule has 1 aliphatic carbocycles. The Bertz CT molecular complexity index is 1350. The summed E-state index contributed by atoms with van der Waals surface area (Å²) in [6.07, 6.45) is 6.68. The van der Waals surface area contributed by atoms with Crippen LogP contribution in [0.4, 0.5) is 5.95 Å². The molecule has 212 valence electrons. The van der Waals surface area contributed by atoms with Gasteiger partial charge in [-0.05, 0) is 76.8 Å². The van der Waals surface area contributed by atoms with Crippen LogP contribution in [0, 0.1) is 0 Å². The lowest BCUT2D eigenvalue weighted by atomic mass is 9.92. The van der Waals surface area contributed by atoms with E-state index in [2.05, 4.69) is 72.9 Å². The van der Waals surface area contributed by atoms with Crippen LogP contribution in [0.5, 0.6) is 0 Å². The van der Waals surface area contributed by atoms with Crippen molar-refractivity contribution in [2.24, 2.45) is 0 Å². The quantitative estimate of drug-likeness (QED) is 0.415. The van der Waals surface area contributed by atoms with Gasteiger partial charge in [-0.15, -0.1) is 0 Å². The van der Waals surface area contributed by atoms with E-state index in [0.29, 0.717) is 24.4 Å². The number of nitrogens with one attached hydrogen (secondary N) is 1. The van der Waals surface area contributed by atoms with Crippen LogP contribution in [0.3, 0.4) is 0 Å². The van der Waals surface area contributed by atoms with Crippen molar-refractivity contribution >= 4 is 27.8 Å². The maximum absolute atomic E-state index is 14.2. The number of nitrogens with zero attached hydrogens (tertiary/aromatic N) is 5. The summed E-state index contributed by atoms with van der Waals surface area (Å²) in [5.41, 5.74) is 2.08. The smallest absolute Gasteiger partial charge is 0.260 e. The van der Waals surface area contributed by atoms with Gasteiger partial charge < -0.3 is 10.4 Å². The molecular formula is C31H46N6O2. The third-order valence-corrected chi connectivity index (χ3v) is 8.68. The number of aromatic nitrogens is 3. The highest BCUT2D eigenvalue weighted by atomic mass is 16.3. The van der Waals surface area contributed by atoms with Gasteiger partial charge in [0, 0.05) is 67.3 Å². The van der Waals surface area contributed by atoms with Crippen molar-refractivity contribution in [2.45, 2.75) is 103 Å². The molecule has 3 heterocycles. The number of piperazine rings is 1. The minimum atomic E-state index is -0.282. The topological polar surface area (TPSA) is 86.5 Å². The lowest BCUT2D eigenvalue weighted by Crippen LogP contribution is -2.53. The van der Waals surface area contributed by atoms with E-state index in [4.69, 9.17) is 4.98 Å². The molecule has 8 heteroatoms. The average molecular weight is 535 g/mol. The highest BCUT2D eigenvalue weighted by Gasteiger charge is 2.27. The Labute approximate surface area is 232 Å². The number of fused-ring (bicyclic) bond motifs is 3. The van der Waals surface area contributed by atoms with E-state index in [1.165, 1.54) is 5.56 Å². The van der Waals surface area contributed by atoms with Crippen LogP contribution in [-0.2, 0) is 6.54 Å². The normalized spacial score (nSPS) is 22.4. The molecule has 1 atom stereocenters. The van der Waals surface area contributed by atoms with Gasteiger partial charge in [0.1, 0.15) is 5.65 Å². The maximum Gasteiger partial charge on any atom is 0.260 e. The predicted octanol–water partition coefficient (Wildman–Crippen LogP) is 4.94. The van der Waals surface area contributed by atoms with Crippen molar-refractivity contribution in [3.8, 4) is 0 Å². The van der Waals surface area contributed by atoms with Crippen LogP contribution in [-0.4, -0.2) is 73.3 Å². The van der Waals surface area contributed by atoms with Crippen molar-refractivity contribution in [2.75, 3.05) is 31.5 Å². The molecule has 2 N–H and O–H groups in total. The summed E-state index contributed by atoms with van der Waals surface area (Å²) in [6.45, 7) is 16.2. The van der Waals surface area contributed by atoms with Gasteiger partial charge in [0.2, 0.25) is 5.95 Å². The third-order valence-electron chi connectivity index (χ3n) is 8.68. The second-order valence-electron chi connectivity index (χ2n) is 12.7. The molecule has 0 amide bonds. The van der Waals surface area contributed by atoms with E-state index in [-0.39, 0.29) is 29.3 Å².